The van der Waals surface area contributed by atoms with E-state index >= 15 is 0 Å². The molecule has 1 radical (unpaired) electrons. The summed E-state index contributed by atoms with van der Waals surface area (Å²) in [5.74, 6) is -1.78. The molecule has 0 heterocycles. The standard InChI is InChI=1S/C7H14O8.Na/c8-1-2(9)3(10)4(11)5(12)6(13)7(14)15;/h2-6,8-13H,1H2,(H,14,15);/t2-,3-,4+,5-,6+;/m1./s1. The molecule has 0 bridgehead atoms. The van der Waals surface area contributed by atoms with Crippen LogP contribution in [0.15, 0.2) is 0 Å². The third-order valence-electron chi connectivity index (χ3n) is 1.86. The van der Waals surface area contributed by atoms with E-state index in [4.69, 9.17) is 35.7 Å². The number of rotatable bonds is 6. The van der Waals surface area contributed by atoms with E-state index in [9.17, 15) is 4.79 Å². The van der Waals surface area contributed by atoms with Crippen molar-refractivity contribution >= 4 is 35.5 Å². The van der Waals surface area contributed by atoms with Gasteiger partial charge in [0.1, 0.15) is 24.4 Å². The van der Waals surface area contributed by atoms with Crippen LogP contribution in [0.3, 0.4) is 0 Å². The van der Waals surface area contributed by atoms with Crippen LogP contribution in [0.25, 0.3) is 0 Å². The van der Waals surface area contributed by atoms with Crippen molar-refractivity contribution in [3.63, 3.8) is 0 Å². The SMILES string of the molecule is O=C(O)[C@@H](O)[C@H](O)[C@@H](O)[C@H](O)[C@H](O)CO.[Na]. The van der Waals surface area contributed by atoms with Gasteiger partial charge in [0.05, 0.1) is 6.61 Å². The number of aliphatic hydroxyl groups is 6. The van der Waals surface area contributed by atoms with Crippen LogP contribution in [-0.4, -0.2) is 108 Å². The van der Waals surface area contributed by atoms with Gasteiger partial charge in [-0.15, -0.1) is 0 Å². The van der Waals surface area contributed by atoms with Crippen molar-refractivity contribution in [3.05, 3.63) is 0 Å². The van der Waals surface area contributed by atoms with Crippen molar-refractivity contribution in [1.29, 1.82) is 0 Å². The zero-order valence-electron chi connectivity index (χ0n) is 8.63. The fraction of sp³-hybridized carbons (Fsp3) is 0.857. The fourth-order valence-corrected chi connectivity index (χ4v) is 0.870. The van der Waals surface area contributed by atoms with Crippen LogP contribution in [0.4, 0.5) is 0 Å². The van der Waals surface area contributed by atoms with E-state index in [1.165, 1.54) is 0 Å². The Kier molecular flexibility index (Phi) is 9.69. The van der Waals surface area contributed by atoms with Crippen LogP contribution >= 0.6 is 0 Å². The second-order valence-corrected chi connectivity index (χ2v) is 3.00. The summed E-state index contributed by atoms with van der Waals surface area (Å²) >= 11 is 0. The average molecular weight is 249 g/mol. The third-order valence-corrected chi connectivity index (χ3v) is 1.86. The van der Waals surface area contributed by atoms with E-state index in [0.29, 0.717) is 0 Å². The van der Waals surface area contributed by atoms with Gasteiger partial charge < -0.3 is 35.7 Å². The third kappa shape index (κ3) is 5.04. The van der Waals surface area contributed by atoms with Gasteiger partial charge in [0.25, 0.3) is 0 Å². The molecule has 0 aliphatic carbocycles. The summed E-state index contributed by atoms with van der Waals surface area (Å²) in [5, 5.41) is 61.5. The molecule has 16 heavy (non-hydrogen) atoms. The summed E-state index contributed by atoms with van der Waals surface area (Å²) in [6, 6.07) is 0. The topological polar surface area (TPSA) is 159 Å². The summed E-state index contributed by atoms with van der Waals surface area (Å²) in [7, 11) is 0. The van der Waals surface area contributed by atoms with E-state index in [1.54, 1.807) is 0 Å². The van der Waals surface area contributed by atoms with Crippen molar-refractivity contribution in [3.8, 4) is 0 Å². The van der Waals surface area contributed by atoms with Crippen molar-refractivity contribution in [2.75, 3.05) is 6.61 Å². The fourth-order valence-electron chi connectivity index (χ4n) is 0.870. The Bertz CT molecular complexity index is 213. The van der Waals surface area contributed by atoms with Gasteiger partial charge in [-0.2, -0.15) is 0 Å². The molecule has 91 valence electrons. The van der Waals surface area contributed by atoms with Gasteiger partial charge in [-0.1, -0.05) is 0 Å². The number of hydrogen-bond acceptors (Lipinski definition) is 7. The maximum Gasteiger partial charge on any atom is 0.335 e. The molecule has 7 N–H and O–H groups in total. The molecule has 0 saturated carbocycles. The molecule has 0 aromatic heterocycles. The van der Waals surface area contributed by atoms with E-state index in [0.717, 1.165) is 0 Å². The van der Waals surface area contributed by atoms with Gasteiger partial charge in [0.15, 0.2) is 6.10 Å². The summed E-state index contributed by atoms with van der Waals surface area (Å²) in [5.41, 5.74) is 0. The molecule has 0 spiro atoms. The molecule has 0 rings (SSSR count). The van der Waals surface area contributed by atoms with Crippen molar-refractivity contribution in [1.82, 2.24) is 0 Å². The van der Waals surface area contributed by atoms with Crippen LogP contribution in [-0.2, 0) is 4.79 Å². The largest absolute Gasteiger partial charge is 0.479 e. The maximum atomic E-state index is 10.2. The number of carbonyl (C=O) groups is 1. The molecule has 0 aliphatic heterocycles. The molecule has 0 aromatic rings. The monoisotopic (exact) mass is 249 g/mol. The Hall–Kier alpha value is 0.230. The molecular weight excluding hydrogens is 235 g/mol. The van der Waals surface area contributed by atoms with Gasteiger partial charge in [-0.3, -0.25) is 0 Å². The molecule has 0 saturated heterocycles. The van der Waals surface area contributed by atoms with Gasteiger partial charge in [-0.05, 0) is 0 Å². The van der Waals surface area contributed by atoms with Crippen molar-refractivity contribution < 1.29 is 40.5 Å². The molecule has 9 heteroatoms. The first-order chi connectivity index (χ1) is 6.82. The summed E-state index contributed by atoms with van der Waals surface area (Å²) in [4.78, 5) is 10.2. The Balaban J connectivity index is 0. The zero-order chi connectivity index (χ0) is 12.2. The number of hydrogen-bond donors (Lipinski definition) is 7. The Labute approximate surface area is 113 Å². The van der Waals surface area contributed by atoms with Crippen LogP contribution in [0, 0.1) is 0 Å². The maximum absolute atomic E-state index is 10.2. The molecule has 0 fully saturated rings. The van der Waals surface area contributed by atoms with E-state index in [2.05, 4.69) is 0 Å². The molecule has 0 amide bonds. The number of aliphatic hydroxyl groups excluding tert-OH is 6. The molecule has 8 nitrogen and oxygen atoms in total. The van der Waals surface area contributed by atoms with E-state index in [-0.39, 0.29) is 29.6 Å². The normalized spacial score (nSPS) is 20.1. The first-order valence-electron chi connectivity index (χ1n) is 4.07. The number of carboxylic acids is 1. The van der Waals surface area contributed by atoms with E-state index < -0.39 is 43.1 Å². The summed E-state index contributed by atoms with van der Waals surface area (Å²) < 4.78 is 0. The van der Waals surface area contributed by atoms with Gasteiger partial charge >= 0.3 is 5.97 Å². The molecule has 0 aromatic carbocycles. The van der Waals surface area contributed by atoms with E-state index in [1.807, 2.05) is 0 Å². The molecular formula is C7H14NaO8. The van der Waals surface area contributed by atoms with Crippen LogP contribution in [0.2, 0.25) is 0 Å². The van der Waals surface area contributed by atoms with Gasteiger partial charge in [-0.25, -0.2) is 4.79 Å². The minimum absolute atomic E-state index is 0. The number of carboxylic acid groups (broad SMARTS) is 1. The predicted molar refractivity (Wildman–Crippen MR) is 50.5 cm³/mol. The summed E-state index contributed by atoms with van der Waals surface area (Å²) in [6.07, 6.45) is -10.2. The second kappa shape index (κ2) is 8.34. The zero-order valence-corrected chi connectivity index (χ0v) is 10.6. The predicted octanol–water partition coefficient (Wildman–Crippen LogP) is -4.51. The minimum atomic E-state index is -2.29. The number of aliphatic carboxylic acids is 1. The Morgan fingerprint density at radius 1 is 0.938 bits per heavy atom. The first-order valence-corrected chi connectivity index (χ1v) is 4.07. The Morgan fingerprint density at radius 2 is 1.38 bits per heavy atom. The smallest absolute Gasteiger partial charge is 0.335 e. The first kappa shape index (κ1) is 18.6. The van der Waals surface area contributed by atoms with Crippen LogP contribution in [0.5, 0.6) is 0 Å². The average Bonchev–Trinajstić information content (AvgIpc) is 2.23. The van der Waals surface area contributed by atoms with Crippen LogP contribution in [0.1, 0.15) is 0 Å². The second-order valence-electron chi connectivity index (χ2n) is 3.00. The van der Waals surface area contributed by atoms with Crippen molar-refractivity contribution in [2.45, 2.75) is 30.5 Å². The minimum Gasteiger partial charge on any atom is -0.479 e. The van der Waals surface area contributed by atoms with Gasteiger partial charge in [0.2, 0.25) is 0 Å². The quantitative estimate of drug-likeness (QED) is 0.232. The Morgan fingerprint density at radius 3 is 1.69 bits per heavy atom. The molecule has 0 aliphatic rings. The molecule has 0 unspecified atom stereocenters. The van der Waals surface area contributed by atoms with Gasteiger partial charge in [0, 0.05) is 29.6 Å². The van der Waals surface area contributed by atoms with Crippen molar-refractivity contribution in [2.24, 2.45) is 0 Å². The summed E-state index contributed by atoms with van der Waals surface area (Å²) in [6.45, 7) is -0.881. The van der Waals surface area contributed by atoms with Crippen LogP contribution < -0.4 is 0 Å². The molecule has 5 atom stereocenters.